The Bertz CT molecular complexity index is 582. The highest BCUT2D eigenvalue weighted by atomic mass is 32.2. The van der Waals surface area contributed by atoms with Crippen LogP contribution in [-0.4, -0.2) is 49.1 Å². The van der Waals surface area contributed by atoms with Gasteiger partial charge in [0.25, 0.3) is 0 Å². The molecule has 1 fully saturated rings. The van der Waals surface area contributed by atoms with E-state index in [9.17, 15) is 13.2 Å². The molecule has 2 rings (SSSR count). The van der Waals surface area contributed by atoms with Crippen molar-refractivity contribution in [2.45, 2.75) is 11.8 Å². The van der Waals surface area contributed by atoms with Crippen LogP contribution in [0.1, 0.15) is 6.92 Å². The summed E-state index contributed by atoms with van der Waals surface area (Å²) in [6.45, 7) is 2.17. The molecule has 0 aromatic carbocycles. The summed E-state index contributed by atoms with van der Waals surface area (Å²) in [5.41, 5.74) is 5.53. The second kappa shape index (κ2) is 4.82. The molecule has 2 heterocycles. The zero-order valence-electron chi connectivity index (χ0n) is 10.7. The molecular weight excluding hydrogens is 272 g/mol. The summed E-state index contributed by atoms with van der Waals surface area (Å²) in [7, 11) is -2.43. The molecule has 8 nitrogen and oxygen atoms in total. The Morgan fingerprint density at radius 1 is 1.58 bits per heavy atom. The first kappa shape index (κ1) is 13.8. The predicted molar refractivity (Wildman–Crippen MR) is 66.4 cm³/mol. The molecule has 19 heavy (non-hydrogen) atoms. The summed E-state index contributed by atoms with van der Waals surface area (Å²) in [6.07, 6.45) is 1.17. The Balaban J connectivity index is 2.25. The van der Waals surface area contributed by atoms with Crippen LogP contribution in [0.15, 0.2) is 11.1 Å². The van der Waals surface area contributed by atoms with Crippen molar-refractivity contribution in [2.24, 2.45) is 11.8 Å². The summed E-state index contributed by atoms with van der Waals surface area (Å²) in [5, 5.41) is 5.99. The van der Waals surface area contributed by atoms with Crippen molar-refractivity contribution in [2.75, 3.05) is 25.9 Å². The quantitative estimate of drug-likeness (QED) is 0.718. The van der Waals surface area contributed by atoms with Crippen molar-refractivity contribution in [1.82, 2.24) is 14.5 Å². The summed E-state index contributed by atoms with van der Waals surface area (Å²) in [4.78, 5) is 11.5. The monoisotopic (exact) mass is 288 g/mol. The zero-order chi connectivity index (χ0) is 14.2. The van der Waals surface area contributed by atoms with Gasteiger partial charge in [-0.2, -0.15) is 9.40 Å². The fraction of sp³-hybridized carbons (Fsp3) is 0.600. The van der Waals surface area contributed by atoms with Gasteiger partial charge in [0.1, 0.15) is 10.7 Å². The van der Waals surface area contributed by atoms with E-state index in [0.717, 1.165) is 0 Å². The average Bonchev–Trinajstić information content (AvgIpc) is 2.95. The Morgan fingerprint density at radius 3 is 2.79 bits per heavy atom. The number of nitrogens with two attached hydrogens (primary N) is 1. The Morgan fingerprint density at radius 2 is 2.26 bits per heavy atom. The number of hydrogen-bond acceptors (Lipinski definition) is 6. The van der Waals surface area contributed by atoms with E-state index >= 15 is 0 Å². The molecular formula is C10H16N4O4S. The van der Waals surface area contributed by atoms with Crippen LogP contribution in [0, 0.1) is 11.8 Å². The number of carbonyl (C=O) groups excluding carboxylic acids is 1. The third kappa shape index (κ3) is 2.30. The van der Waals surface area contributed by atoms with Crippen molar-refractivity contribution < 1.29 is 17.9 Å². The number of methoxy groups -OCH3 is 1. The van der Waals surface area contributed by atoms with Crippen molar-refractivity contribution in [1.29, 1.82) is 0 Å². The lowest BCUT2D eigenvalue weighted by molar-refractivity contribution is -0.145. The predicted octanol–water partition coefficient (Wildman–Crippen LogP) is -0.578. The molecule has 2 atom stereocenters. The van der Waals surface area contributed by atoms with Gasteiger partial charge < -0.3 is 10.5 Å². The van der Waals surface area contributed by atoms with Crippen molar-refractivity contribution >= 4 is 21.8 Å². The van der Waals surface area contributed by atoms with Gasteiger partial charge >= 0.3 is 5.97 Å². The highest BCUT2D eigenvalue weighted by molar-refractivity contribution is 7.89. The second-order valence-corrected chi connectivity index (χ2v) is 6.48. The van der Waals surface area contributed by atoms with Crippen LogP contribution in [0.4, 0.5) is 5.82 Å². The molecule has 0 radical (unpaired) electrons. The standard InChI is InChI=1S/C10H16N4O4S/c1-6-4-14(5-7(6)10(15)18-2)19(16,17)8-3-12-13-9(8)11/h3,6-7H,4-5H2,1-2H3,(H3,11,12,13). The number of aromatic nitrogens is 2. The van der Waals surface area contributed by atoms with Gasteiger partial charge in [-0.1, -0.05) is 6.92 Å². The van der Waals surface area contributed by atoms with Crippen LogP contribution >= 0.6 is 0 Å². The van der Waals surface area contributed by atoms with Crippen LogP contribution in [0.5, 0.6) is 0 Å². The molecule has 0 spiro atoms. The number of carbonyl (C=O) groups is 1. The third-order valence-electron chi connectivity index (χ3n) is 3.33. The van der Waals surface area contributed by atoms with Gasteiger partial charge in [-0.3, -0.25) is 9.89 Å². The van der Waals surface area contributed by atoms with Gasteiger partial charge in [-0.15, -0.1) is 0 Å². The van der Waals surface area contributed by atoms with Crippen molar-refractivity contribution in [3.63, 3.8) is 0 Å². The topological polar surface area (TPSA) is 118 Å². The molecule has 1 aromatic heterocycles. The molecule has 9 heteroatoms. The largest absolute Gasteiger partial charge is 0.469 e. The fourth-order valence-corrected chi connectivity index (χ4v) is 3.78. The first-order valence-corrected chi connectivity index (χ1v) is 7.18. The fourth-order valence-electron chi connectivity index (χ4n) is 2.21. The van der Waals surface area contributed by atoms with Crippen LogP contribution in [0.25, 0.3) is 0 Å². The van der Waals surface area contributed by atoms with Gasteiger partial charge in [-0.05, 0) is 5.92 Å². The van der Waals surface area contributed by atoms with Gasteiger partial charge in [0.05, 0.1) is 19.2 Å². The number of sulfonamides is 1. The lowest BCUT2D eigenvalue weighted by atomic mass is 9.99. The lowest BCUT2D eigenvalue weighted by Crippen LogP contribution is -2.30. The second-order valence-electron chi connectivity index (χ2n) is 4.58. The molecule has 0 bridgehead atoms. The minimum atomic E-state index is -3.73. The zero-order valence-corrected chi connectivity index (χ0v) is 11.5. The third-order valence-corrected chi connectivity index (χ3v) is 5.19. The van der Waals surface area contributed by atoms with Crippen LogP contribution in [0.2, 0.25) is 0 Å². The van der Waals surface area contributed by atoms with Crippen LogP contribution in [0.3, 0.4) is 0 Å². The van der Waals surface area contributed by atoms with Gasteiger partial charge in [0.2, 0.25) is 10.0 Å². The molecule has 1 aliphatic rings. The molecule has 1 aliphatic heterocycles. The van der Waals surface area contributed by atoms with Crippen molar-refractivity contribution in [3.05, 3.63) is 6.20 Å². The number of anilines is 1. The average molecular weight is 288 g/mol. The molecule has 0 saturated carbocycles. The van der Waals surface area contributed by atoms with E-state index in [1.807, 2.05) is 6.92 Å². The van der Waals surface area contributed by atoms with E-state index in [1.54, 1.807) is 0 Å². The molecule has 106 valence electrons. The molecule has 0 aliphatic carbocycles. The number of hydrogen-bond donors (Lipinski definition) is 2. The molecule has 0 amide bonds. The number of rotatable bonds is 3. The first-order chi connectivity index (χ1) is 8.87. The highest BCUT2D eigenvalue weighted by Crippen LogP contribution is 2.30. The van der Waals surface area contributed by atoms with E-state index in [2.05, 4.69) is 14.9 Å². The SMILES string of the molecule is COC(=O)C1CN(S(=O)(=O)c2cn[nH]c2N)CC1C. The summed E-state index contributed by atoms with van der Waals surface area (Å²) >= 11 is 0. The van der Waals surface area contributed by atoms with E-state index in [0.29, 0.717) is 0 Å². The Kier molecular flexibility index (Phi) is 3.50. The number of ether oxygens (including phenoxy) is 1. The first-order valence-electron chi connectivity index (χ1n) is 5.74. The molecule has 1 saturated heterocycles. The minimum Gasteiger partial charge on any atom is -0.469 e. The van der Waals surface area contributed by atoms with Crippen LogP contribution < -0.4 is 5.73 Å². The van der Waals surface area contributed by atoms with Gasteiger partial charge in [0, 0.05) is 13.1 Å². The normalized spacial score (nSPS) is 24.5. The van der Waals surface area contributed by atoms with E-state index < -0.39 is 21.9 Å². The summed E-state index contributed by atoms with van der Waals surface area (Å²) < 4.78 is 30.6. The van der Waals surface area contributed by atoms with E-state index in [1.165, 1.54) is 17.6 Å². The maximum atomic E-state index is 12.4. The Labute approximate surface area is 111 Å². The summed E-state index contributed by atoms with van der Waals surface area (Å²) in [5.74, 6) is -0.956. The number of nitrogens with one attached hydrogen (secondary N) is 1. The Hall–Kier alpha value is -1.61. The van der Waals surface area contributed by atoms with Crippen molar-refractivity contribution in [3.8, 4) is 0 Å². The number of nitrogen functional groups attached to an aromatic ring is 1. The molecule has 1 aromatic rings. The molecule has 3 N–H and O–H groups in total. The number of H-pyrrole nitrogens is 1. The number of nitrogens with zero attached hydrogens (tertiary/aromatic N) is 2. The maximum Gasteiger partial charge on any atom is 0.310 e. The van der Waals surface area contributed by atoms with Gasteiger partial charge in [-0.25, -0.2) is 8.42 Å². The van der Waals surface area contributed by atoms with E-state index in [4.69, 9.17) is 5.73 Å². The lowest BCUT2D eigenvalue weighted by Gasteiger charge is -2.15. The smallest absolute Gasteiger partial charge is 0.310 e. The summed E-state index contributed by atoms with van der Waals surface area (Å²) in [6, 6.07) is 0. The number of aromatic amines is 1. The maximum absolute atomic E-state index is 12.4. The van der Waals surface area contributed by atoms with Crippen LogP contribution in [-0.2, 0) is 19.6 Å². The van der Waals surface area contributed by atoms with Gasteiger partial charge in [0.15, 0.2) is 0 Å². The number of esters is 1. The highest BCUT2D eigenvalue weighted by Gasteiger charge is 2.42. The minimum absolute atomic E-state index is 0.00540. The molecule has 2 unspecified atom stereocenters. The van der Waals surface area contributed by atoms with E-state index in [-0.39, 0.29) is 29.7 Å².